The first-order valence-electron chi connectivity index (χ1n) is 13.0. The molecule has 0 saturated heterocycles. The molecule has 3 rings (SSSR count). The SMILES string of the molecule is C=C(/C=C\C=C/C)/C(C)=C(/C)Nc1ccc(-c2ccc(C(=C/C)/C=C(\CC)c3ccccc3)cc2)cc1. The molecule has 0 radical (unpaired) electrons. The highest BCUT2D eigenvalue weighted by Crippen LogP contribution is 2.28. The lowest BCUT2D eigenvalue weighted by Crippen LogP contribution is -1.99. The van der Waals surface area contributed by atoms with Crippen LogP contribution >= 0.6 is 0 Å². The van der Waals surface area contributed by atoms with Gasteiger partial charge in [0.05, 0.1) is 0 Å². The number of nitrogens with one attached hydrogen (secondary N) is 1. The van der Waals surface area contributed by atoms with Crippen molar-refractivity contribution < 1.29 is 0 Å². The Morgan fingerprint density at radius 1 is 0.784 bits per heavy atom. The molecule has 0 bridgehead atoms. The number of rotatable bonds is 10. The first kappa shape index (κ1) is 27.5. The lowest BCUT2D eigenvalue weighted by molar-refractivity contribution is 1.24. The lowest BCUT2D eigenvalue weighted by atomic mass is 9.95. The van der Waals surface area contributed by atoms with Crippen molar-refractivity contribution in [2.45, 2.75) is 41.0 Å². The van der Waals surface area contributed by atoms with Crippen LogP contribution in [0.5, 0.6) is 0 Å². The molecule has 3 aromatic carbocycles. The summed E-state index contributed by atoms with van der Waals surface area (Å²) in [7, 11) is 0. The molecular weight excluding hydrogens is 446 g/mol. The zero-order valence-electron chi connectivity index (χ0n) is 22.9. The van der Waals surface area contributed by atoms with E-state index >= 15 is 0 Å². The molecule has 37 heavy (non-hydrogen) atoms. The van der Waals surface area contributed by atoms with Gasteiger partial charge in [-0.25, -0.2) is 0 Å². The third kappa shape index (κ3) is 7.69. The Labute approximate surface area is 224 Å². The van der Waals surface area contributed by atoms with Crippen molar-refractivity contribution in [2.24, 2.45) is 0 Å². The predicted molar refractivity (Wildman–Crippen MR) is 165 cm³/mol. The summed E-state index contributed by atoms with van der Waals surface area (Å²) in [6.07, 6.45) is 13.6. The van der Waals surface area contributed by atoms with Crippen molar-refractivity contribution in [3.05, 3.63) is 150 Å². The predicted octanol–water partition coefficient (Wildman–Crippen LogP) is 10.6. The van der Waals surface area contributed by atoms with Gasteiger partial charge in [0.15, 0.2) is 0 Å². The fourth-order valence-corrected chi connectivity index (χ4v) is 4.12. The molecule has 0 heterocycles. The fraction of sp³-hybridized carbons (Fsp3) is 0.167. The molecule has 1 heteroatoms. The van der Waals surface area contributed by atoms with Crippen LogP contribution in [-0.4, -0.2) is 0 Å². The molecule has 0 aliphatic heterocycles. The fourth-order valence-electron chi connectivity index (χ4n) is 4.12. The smallest absolute Gasteiger partial charge is 0.0382 e. The summed E-state index contributed by atoms with van der Waals surface area (Å²) in [6.45, 7) is 14.7. The van der Waals surface area contributed by atoms with E-state index in [-0.39, 0.29) is 0 Å². The summed E-state index contributed by atoms with van der Waals surface area (Å²) in [5.74, 6) is 0. The summed E-state index contributed by atoms with van der Waals surface area (Å²) in [6, 6.07) is 28.1. The maximum absolute atomic E-state index is 4.18. The normalized spacial score (nSPS) is 13.2. The van der Waals surface area contributed by atoms with Gasteiger partial charge in [-0.05, 0) is 90.8 Å². The Morgan fingerprint density at radius 3 is 1.97 bits per heavy atom. The zero-order chi connectivity index (χ0) is 26.6. The number of hydrogen-bond donors (Lipinski definition) is 1. The first-order valence-corrected chi connectivity index (χ1v) is 13.0. The summed E-state index contributed by atoms with van der Waals surface area (Å²) in [5, 5.41) is 3.51. The third-order valence-electron chi connectivity index (χ3n) is 6.58. The van der Waals surface area contributed by atoms with Gasteiger partial charge in [0.2, 0.25) is 0 Å². The molecular formula is C36H39N. The van der Waals surface area contributed by atoms with Crippen LogP contribution in [0.2, 0.25) is 0 Å². The van der Waals surface area contributed by atoms with Crippen LogP contribution < -0.4 is 5.32 Å². The van der Waals surface area contributed by atoms with Crippen molar-refractivity contribution in [3.8, 4) is 11.1 Å². The summed E-state index contributed by atoms with van der Waals surface area (Å²) in [4.78, 5) is 0. The minimum absolute atomic E-state index is 0.995. The molecule has 1 nitrogen and oxygen atoms in total. The van der Waals surface area contributed by atoms with Crippen LogP contribution in [0.3, 0.4) is 0 Å². The van der Waals surface area contributed by atoms with E-state index in [0.717, 1.165) is 29.0 Å². The molecule has 0 atom stereocenters. The first-order chi connectivity index (χ1) is 18.0. The molecule has 0 aliphatic carbocycles. The highest BCUT2D eigenvalue weighted by Gasteiger charge is 2.05. The van der Waals surface area contributed by atoms with Gasteiger partial charge in [-0.1, -0.05) is 117 Å². The van der Waals surface area contributed by atoms with E-state index in [4.69, 9.17) is 0 Å². The molecule has 188 valence electrons. The van der Waals surface area contributed by atoms with E-state index < -0.39 is 0 Å². The molecule has 0 unspecified atom stereocenters. The van der Waals surface area contributed by atoms with Crippen molar-refractivity contribution in [1.29, 1.82) is 0 Å². The monoisotopic (exact) mass is 485 g/mol. The summed E-state index contributed by atoms with van der Waals surface area (Å²) in [5.41, 5.74) is 11.8. The third-order valence-corrected chi connectivity index (χ3v) is 6.58. The van der Waals surface area contributed by atoms with Gasteiger partial charge in [-0.3, -0.25) is 0 Å². The average Bonchev–Trinajstić information content (AvgIpc) is 2.94. The van der Waals surface area contributed by atoms with Gasteiger partial charge in [0, 0.05) is 11.4 Å². The van der Waals surface area contributed by atoms with E-state index in [0.29, 0.717) is 0 Å². The molecule has 0 fully saturated rings. The largest absolute Gasteiger partial charge is 0.359 e. The number of benzene rings is 3. The van der Waals surface area contributed by atoms with Crippen molar-refractivity contribution in [3.63, 3.8) is 0 Å². The second-order valence-corrected chi connectivity index (χ2v) is 9.07. The second-order valence-electron chi connectivity index (χ2n) is 9.07. The van der Waals surface area contributed by atoms with E-state index in [2.05, 4.69) is 131 Å². The molecule has 0 aromatic heterocycles. The minimum Gasteiger partial charge on any atom is -0.359 e. The molecule has 0 saturated carbocycles. The molecule has 0 aliphatic rings. The maximum Gasteiger partial charge on any atom is 0.0382 e. The van der Waals surface area contributed by atoms with Crippen LogP contribution in [-0.2, 0) is 0 Å². The topological polar surface area (TPSA) is 12.0 Å². The summed E-state index contributed by atoms with van der Waals surface area (Å²) >= 11 is 0. The zero-order valence-corrected chi connectivity index (χ0v) is 22.9. The van der Waals surface area contributed by atoms with Gasteiger partial charge in [-0.2, -0.15) is 0 Å². The van der Waals surface area contributed by atoms with Gasteiger partial charge in [0.25, 0.3) is 0 Å². The van der Waals surface area contributed by atoms with Crippen molar-refractivity contribution in [2.75, 3.05) is 5.32 Å². The second kappa shape index (κ2) is 13.8. The average molecular weight is 486 g/mol. The van der Waals surface area contributed by atoms with Gasteiger partial charge in [-0.15, -0.1) is 0 Å². The van der Waals surface area contributed by atoms with Gasteiger partial charge >= 0.3 is 0 Å². The maximum atomic E-state index is 4.18. The minimum atomic E-state index is 0.995. The molecule has 0 amide bonds. The van der Waals surface area contributed by atoms with E-state index in [1.54, 1.807) is 0 Å². The molecule has 1 N–H and O–H groups in total. The Balaban J connectivity index is 1.74. The number of allylic oxidation sites excluding steroid dienone is 11. The van der Waals surface area contributed by atoms with Gasteiger partial charge < -0.3 is 5.32 Å². The summed E-state index contributed by atoms with van der Waals surface area (Å²) < 4.78 is 0. The van der Waals surface area contributed by atoms with Gasteiger partial charge in [0.1, 0.15) is 0 Å². The van der Waals surface area contributed by atoms with E-state index in [9.17, 15) is 0 Å². The van der Waals surface area contributed by atoms with Crippen molar-refractivity contribution >= 4 is 16.8 Å². The van der Waals surface area contributed by atoms with Crippen molar-refractivity contribution in [1.82, 2.24) is 0 Å². The number of anilines is 1. The van der Waals surface area contributed by atoms with Crippen LogP contribution in [0.1, 0.15) is 52.2 Å². The Morgan fingerprint density at radius 2 is 1.41 bits per heavy atom. The molecule has 0 spiro atoms. The van der Waals surface area contributed by atoms with E-state index in [1.807, 2.05) is 31.2 Å². The van der Waals surface area contributed by atoms with Crippen LogP contribution in [0.4, 0.5) is 5.69 Å². The van der Waals surface area contributed by atoms with Crippen LogP contribution in [0.15, 0.2) is 139 Å². The Bertz CT molecular complexity index is 1330. The molecule has 3 aromatic rings. The van der Waals surface area contributed by atoms with Crippen LogP contribution in [0, 0.1) is 0 Å². The lowest BCUT2D eigenvalue weighted by Gasteiger charge is -2.12. The highest BCUT2D eigenvalue weighted by atomic mass is 14.9. The van der Waals surface area contributed by atoms with Crippen LogP contribution in [0.25, 0.3) is 22.3 Å². The number of hydrogen-bond acceptors (Lipinski definition) is 1. The Kier molecular flexibility index (Phi) is 10.3. The quantitative estimate of drug-likeness (QED) is 0.282. The van der Waals surface area contributed by atoms with E-state index in [1.165, 1.54) is 33.4 Å². The Hall–Kier alpha value is -4.10. The standard InChI is InChI=1S/C36H39N/c1-7-10-12-15-27(4)28(5)29(6)37-36-24-22-35(23-25-36)34-20-18-33(19-21-34)31(9-3)26-30(8-2)32-16-13-11-14-17-32/h7,9-26,37H,4,8H2,1-3,5-6H3/b10-7-,15-12-,29-28-,30-26+,31-9+. The highest BCUT2D eigenvalue weighted by molar-refractivity contribution is 5.84.